The molecule has 2 amide bonds. The van der Waals surface area contributed by atoms with Crippen LogP contribution < -0.4 is 10.9 Å². The Bertz CT molecular complexity index is 1180. The molecule has 3 heterocycles. The monoisotopic (exact) mass is 413 g/mol. The Morgan fingerprint density at radius 1 is 1.27 bits per heavy atom. The predicted octanol–water partition coefficient (Wildman–Crippen LogP) is 1.28. The Balaban J connectivity index is 1.52. The fraction of sp³-hybridized carbons (Fsp3) is 0.300. The summed E-state index contributed by atoms with van der Waals surface area (Å²) in [7, 11) is 0. The number of nitrogens with zero attached hydrogens (tertiary/aromatic N) is 3. The smallest absolute Gasteiger partial charge is 0.257 e. The van der Waals surface area contributed by atoms with E-state index in [0.29, 0.717) is 37.3 Å². The molecular formula is C20H20FN5O4. The highest BCUT2D eigenvalue weighted by molar-refractivity contribution is 6.12. The van der Waals surface area contributed by atoms with E-state index in [1.54, 1.807) is 30.2 Å². The van der Waals surface area contributed by atoms with Crippen molar-refractivity contribution in [2.75, 3.05) is 31.6 Å². The highest BCUT2D eigenvalue weighted by Gasteiger charge is 2.19. The molecule has 156 valence electrons. The van der Waals surface area contributed by atoms with Crippen LogP contribution in [0.25, 0.3) is 10.9 Å². The first-order valence-corrected chi connectivity index (χ1v) is 9.44. The summed E-state index contributed by atoms with van der Waals surface area (Å²) < 4.78 is 20.9. The number of hydrogen-bond donors (Lipinski definition) is 2. The Labute approximate surface area is 170 Å². The fourth-order valence-corrected chi connectivity index (χ4v) is 3.39. The van der Waals surface area contributed by atoms with E-state index in [1.165, 1.54) is 10.7 Å². The molecule has 10 heteroatoms. The Kier molecular flexibility index (Phi) is 5.32. The van der Waals surface area contributed by atoms with Crippen LogP contribution >= 0.6 is 0 Å². The zero-order chi connectivity index (χ0) is 21.3. The Morgan fingerprint density at radius 3 is 2.80 bits per heavy atom. The number of carbonyl (C=O) groups excluding carboxylic acids is 2. The first-order chi connectivity index (χ1) is 14.4. The van der Waals surface area contributed by atoms with Crippen LogP contribution in [0.15, 0.2) is 35.3 Å². The molecule has 9 nitrogen and oxygen atoms in total. The number of anilines is 1. The van der Waals surface area contributed by atoms with Crippen LogP contribution in [0, 0.1) is 12.7 Å². The normalized spacial score (nSPS) is 14.1. The van der Waals surface area contributed by atoms with Crippen molar-refractivity contribution in [3.05, 3.63) is 57.8 Å². The molecule has 0 unspecified atom stereocenters. The number of pyridine rings is 1. The van der Waals surface area contributed by atoms with Crippen LogP contribution in [-0.4, -0.2) is 57.8 Å². The molecule has 1 fully saturated rings. The lowest BCUT2D eigenvalue weighted by Crippen LogP contribution is -2.42. The molecule has 2 aromatic heterocycles. The molecule has 1 aliphatic rings. The number of ether oxygens (including phenoxy) is 1. The van der Waals surface area contributed by atoms with E-state index < -0.39 is 17.3 Å². The molecule has 0 spiro atoms. The molecule has 0 aliphatic carbocycles. The van der Waals surface area contributed by atoms with E-state index in [4.69, 9.17) is 4.74 Å². The van der Waals surface area contributed by atoms with Crippen LogP contribution in [0.2, 0.25) is 0 Å². The zero-order valence-corrected chi connectivity index (χ0v) is 16.3. The lowest BCUT2D eigenvalue weighted by Gasteiger charge is -2.26. The largest absolute Gasteiger partial charge is 0.378 e. The summed E-state index contributed by atoms with van der Waals surface area (Å²) in [6.07, 6.45) is 1.58. The highest BCUT2D eigenvalue weighted by Crippen LogP contribution is 2.21. The third-order valence-electron chi connectivity index (χ3n) is 4.84. The minimum atomic E-state index is -0.609. The van der Waals surface area contributed by atoms with Gasteiger partial charge in [0.1, 0.15) is 12.4 Å². The molecule has 1 aliphatic heterocycles. The van der Waals surface area contributed by atoms with Gasteiger partial charge < -0.3 is 19.9 Å². The van der Waals surface area contributed by atoms with Gasteiger partial charge in [-0.2, -0.15) is 5.10 Å². The first kappa shape index (κ1) is 19.8. The molecule has 2 N–H and O–H groups in total. The van der Waals surface area contributed by atoms with Gasteiger partial charge in [0.15, 0.2) is 5.82 Å². The second-order valence-electron chi connectivity index (χ2n) is 7.06. The van der Waals surface area contributed by atoms with E-state index in [0.717, 1.165) is 6.07 Å². The number of aryl methyl sites for hydroxylation is 1. The lowest BCUT2D eigenvalue weighted by atomic mass is 10.1. The number of aromatic nitrogens is 3. The van der Waals surface area contributed by atoms with Gasteiger partial charge in [0.2, 0.25) is 11.5 Å². The van der Waals surface area contributed by atoms with Crippen LogP contribution in [-0.2, 0) is 16.1 Å². The number of nitrogens with one attached hydrogen (secondary N) is 2. The van der Waals surface area contributed by atoms with E-state index >= 15 is 0 Å². The SMILES string of the molecule is Cc1cc(F)c2[nH]c(=O)cc(C(=O)Nc3ccn(CC(=O)N4CCOCC4)n3)c2c1. The van der Waals surface area contributed by atoms with Gasteiger partial charge in [0.05, 0.1) is 24.3 Å². The molecule has 4 rings (SSSR count). The summed E-state index contributed by atoms with van der Waals surface area (Å²) in [6, 6.07) is 5.58. The van der Waals surface area contributed by atoms with Gasteiger partial charge in [-0.05, 0) is 24.6 Å². The third-order valence-corrected chi connectivity index (χ3v) is 4.84. The molecule has 0 radical (unpaired) electrons. The fourth-order valence-electron chi connectivity index (χ4n) is 3.39. The quantitative estimate of drug-likeness (QED) is 0.670. The molecule has 0 saturated carbocycles. The molecule has 3 aromatic rings. The summed E-state index contributed by atoms with van der Waals surface area (Å²) in [6.45, 7) is 3.83. The van der Waals surface area contributed by atoms with Crippen molar-refractivity contribution >= 4 is 28.5 Å². The number of aromatic amines is 1. The summed E-state index contributed by atoms with van der Waals surface area (Å²) in [4.78, 5) is 41.1. The second kappa shape index (κ2) is 8.07. The summed E-state index contributed by atoms with van der Waals surface area (Å²) >= 11 is 0. The van der Waals surface area contributed by atoms with Gasteiger partial charge in [-0.25, -0.2) is 4.39 Å². The number of morpholine rings is 1. The number of fused-ring (bicyclic) bond motifs is 1. The molecule has 0 atom stereocenters. The van der Waals surface area contributed by atoms with E-state index in [1.807, 2.05) is 0 Å². The van der Waals surface area contributed by atoms with Crippen molar-refractivity contribution < 1.29 is 18.7 Å². The average Bonchev–Trinajstić information content (AvgIpc) is 3.15. The van der Waals surface area contributed by atoms with Crippen molar-refractivity contribution in [1.82, 2.24) is 19.7 Å². The van der Waals surface area contributed by atoms with Gasteiger partial charge in [-0.3, -0.25) is 19.1 Å². The van der Waals surface area contributed by atoms with Crippen molar-refractivity contribution in [1.29, 1.82) is 0 Å². The molecule has 0 bridgehead atoms. The first-order valence-electron chi connectivity index (χ1n) is 9.44. The number of carbonyl (C=O) groups is 2. The average molecular weight is 413 g/mol. The van der Waals surface area contributed by atoms with E-state index in [2.05, 4.69) is 15.4 Å². The van der Waals surface area contributed by atoms with E-state index in [-0.39, 0.29) is 29.3 Å². The van der Waals surface area contributed by atoms with Crippen molar-refractivity contribution in [2.24, 2.45) is 0 Å². The van der Waals surface area contributed by atoms with Crippen molar-refractivity contribution in [3.63, 3.8) is 0 Å². The number of halogens is 1. The maximum absolute atomic E-state index is 14.2. The number of rotatable bonds is 4. The highest BCUT2D eigenvalue weighted by atomic mass is 19.1. The maximum atomic E-state index is 14.2. The Hall–Kier alpha value is -3.53. The summed E-state index contributed by atoms with van der Waals surface area (Å²) in [5.74, 6) is -1.08. The number of hydrogen-bond acceptors (Lipinski definition) is 5. The summed E-state index contributed by atoms with van der Waals surface area (Å²) in [5, 5.41) is 7.09. The van der Waals surface area contributed by atoms with Gasteiger partial charge in [-0.1, -0.05) is 0 Å². The second-order valence-corrected chi connectivity index (χ2v) is 7.06. The third kappa shape index (κ3) is 4.08. The van der Waals surface area contributed by atoms with Crippen LogP contribution in [0.4, 0.5) is 10.2 Å². The lowest BCUT2D eigenvalue weighted by molar-refractivity contribution is -0.136. The van der Waals surface area contributed by atoms with Gasteiger partial charge in [-0.15, -0.1) is 0 Å². The molecular weight excluding hydrogens is 393 g/mol. The zero-order valence-electron chi connectivity index (χ0n) is 16.3. The predicted molar refractivity (Wildman–Crippen MR) is 107 cm³/mol. The standard InChI is InChI=1S/C20H20FN5O4/c1-12-8-13-14(10-17(27)23-19(13)15(21)9-12)20(29)22-16-2-3-26(24-16)11-18(28)25-4-6-30-7-5-25/h2-3,8-10H,4-7,11H2,1H3,(H,23,27)(H,22,24,29). The van der Waals surface area contributed by atoms with Crippen LogP contribution in [0.1, 0.15) is 15.9 Å². The van der Waals surface area contributed by atoms with Crippen LogP contribution in [0.5, 0.6) is 0 Å². The van der Waals surface area contributed by atoms with Gasteiger partial charge >= 0.3 is 0 Å². The summed E-state index contributed by atoms with van der Waals surface area (Å²) in [5.41, 5.74) is 0.0409. The minimum Gasteiger partial charge on any atom is -0.378 e. The van der Waals surface area contributed by atoms with Gasteiger partial charge in [0.25, 0.3) is 5.91 Å². The molecule has 1 aromatic carbocycles. The number of H-pyrrole nitrogens is 1. The van der Waals surface area contributed by atoms with Crippen molar-refractivity contribution in [2.45, 2.75) is 13.5 Å². The minimum absolute atomic E-state index is 0.0279. The topological polar surface area (TPSA) is 109 Å². The number of benzene rings is 1. The van der Waals surface area contributed by atoms with Gasteiger partial charge in [0, 0.05) is 36.8 Å². The number of amides is 2. The van der Waals surface area contributed by atoms with Crippen molar-refractivity contribution in [3.8, 4) is 0 Å². The maximum Gasteiger partial charge on any atom is 0.257 e. The Morgan fingerprint density at radius 2 is 2.03 bits per heavy atom. The molecule has 30 heavy (non-hydrogen) atoms. The van der Waals surface area contributed by atoms with E-state index in [9.17, 15) is 18.8 Å². The van der Waals surface area contributed by atoms with Crippen LogP contribution in [0.3, 0.4) is 0 Å². The molecule has 1 saturated heterocycles.